The van der Waals surface area contributed by atoms with Crippen molar-refractivity contribution in [1.29, 1.82) is 0 Å². The van der Waals surface area contributed by atoms with Crippen LogP contribution in [0.3, 0.4) is 0 Å². The standard InChI is InChI=1S/C67H116O6/c1-4-7-10-13-16-19-22-25-28-31-33-36-39-42-45-48-51-54-57-60-66(69)72-63-64(62-71-65(68)59-56-53-50-47-44-41-38-35-30-27-24-21-18-15-12-9-6-3)73-67(70)61-58-55-52-49-46-43-40-37-34-32-29-26-23-20-17-14-11-8-5-2/h16-17,19-20,25-30,33,36,42,45,64H,4-15,18,21-24,31-32,34-35,37-41,43-44,46-63H2,1-3H3/b19-16+,20-17+,28-25+,29-26+,30-27+,36-33+,45-42+/t64-/m1/s1. The number of allylic oxidation sites excluding steroid dienone is 14. The molecule has 0 saturated carbocycles. The van der Waals surface area contributed by atoms with Gasteiger partial charge in [0.15, 0.2) is 6.10 Å². The number of hydrogen-bond donors (Lipinski definition) is 0. The van der Waals surface area contributed by atoms with Crippen LogP contribution in [0.5, 0.6) is 0 Å². The number of esters is 3. The van der Waals surface area contributed by atoms with Crippen LogP contribution in [-0.4, -0.2) is 37.2 Å². The Labute approximate surface area is 452 Å². The number of carbonyl (C=O) groups is 3. The summed E-state index contributed by atoms with van der Waals surface area (Å²) < 4.78 is 16.9. The summed E-state index contributed by atoms with van der Waals surface area (Å²) in [6.07, 6.45) is 80.0. The zero-order valence-corrected chi connectivity index (χ0v) is 48.1. The zero-order valence-electron chi connectivity index (χ0n) is 48.1. The second-order valence-corrected chi connectivity index (χ2v) is 20.6. The highest BCUT2D eigenvalue weighted by Crippen LogP contribution is 2.15. The molecule has 0 bridgehead atoms. The van der Waals surface area contributed by atoms with E-state index in [1.807, 2.05) is 0 Å². The molecule has 0 aromatic heterocycles. The molecule has 0 saturated heterocycles. The Bertz CT molecular complexity index is 1400. The van der Waals surface area contributed by atoms with Crippen LogP contribution in [0, 0.1) is 0 Å². The lowest BCUT2D eigenvalue weighted by Gasteiger charge is -2.18. The van der Waals surface area contributed by atoms with Gasteiger partial charge in [-0.05, 0) is 122 Å². The molecule has 0 fully saturated rings. The topological polar surface area (TPSA) is 78.9 Å². The molecule has 6 nitrogen and oxygen atoms in total. The molecule has 0 spiro atoms. The summed E-state index contributed by atoms with van der Waals surface area (Å²) >= 11 is 0. The third kappa shape index (κ3) is 59.3. The maximum absolute atomic E-state index is 12.9. The Hall–Kier alpha value is -3.41. The number of hydrogen-bond acceptors (Lipinski definition) is 6. The Morgan fingerprint density at radius 3 is 0.822 bits per heavy atom. The number of unbranched alkanes of at least 4 members (excludes halogenated alkanes) is 31. The van der Waals surface area contributed by atoms with Crippen molar-refractivity contribution in [2.45, 2.75) is 309 Å². The van der Waals surface area contributed by atoms with Crippen molar-refractivity contribution in [3.8, 4) is 0 Å². The van der Waals surface area contributed by atoms with Crippen LogP contribution in [0.4, 0.5) is 0 Å². The summed E-state index contributed by atoms with van der Waals surface area (Å²) in [7, 11) is 0. The third-order valence-corrected chi connectivity index (χ3v) is 13.3. The quantitative estimate of drug-likeness (QED) is 0.0261. The lowest BCUT2D eigenvalue weighted by atomic mass is 10.1. The average molecular weight is 1020 g/mol. The normalized spacial score (nSPS) is 12.6. The van der Waals surface area contributed by atoms with Gasteiger partial charge in [-0.25, -0.2) is 0 Å². The molecule has 0 rings (SSSR count). The van der Waals surface area contributed by atoms with E-state index in [9.17, 15) is 14.4 Å². The average Bonchev–Trinajstić information content (AvgIpc) is 3.39. The highest BCUT2D eigenvalue weighted by atomic mass is 16.6. The van der Waals surface area contributed by atoms with Crippen molar-refractivity contribution in [3.05, 3.63) is 85.1 Å². The van der Waals surface area contributed by atoms with Crippen molar-refractivity contribution in [1.82, 2.24) is 0 Å². The van der Waals surface area contributed by atoms with E-state index in [1.165, 1.54) is 173 Å². The van der Waals surface area contributed by atoms with Crippen molar-refractivity contribution >= 4 is 17.9 Å². The molecule has 0 aromatic carbocycles. The molecule has 0 aliphatic carbocycles. The predicted octanol–water partition coefficient (Wildman–Crippen LogP) is 21.1. The summed E-state index contributed by atoms with van der Waals surface area (Å²) in [6.45, 7) is 6.57. The number of rotatable bonds is 56. The van der Waals surface area contributed by atoms with Crippen LogP contribution in [0.15, 0.2) is 85.1 Å². The predicted molar refractivity (Wildman–Crippen MR) is 316 cm³/mol. The Morgan fingerprint density at radius 1 is 0.274 bits per heavy atom. The molecule has 0 aromatic rings. The molecule has 1 atom stereocenters. The van der Waals surface area contributed by atoms with E-state index in [4.69, 9.17) is 14.2 Å². The Balaban J connectivity index is 4.45. The fourth-order valence-electron chi connectivity index (χ4n) is 8.63. The van der Waals surface area contributed by atoms with Crippen molar-refractivity contribution in [3.63, 3.8) is 0 Å². The highest BCUT2D eigenvalue weighted by Gasteiger charge is 2.19. The molecule has 0 aliphatic heterocycles. The van der Waals surface area contributed by atoms with Crippen LogP contribution < -0.4 is 0 Å². The SMILES string of the molecule is CCCCC/C=C/C/C=C/C/C=C/C/C=C/CCCCCC(=O)OC[C@@H](COC(=O)CCCCCCCCC/C=C/CCCCCCCC)OC(=O)CCCCCCCCCCC/C=C/C/C=C/CCCCC. The van der Waals surface area contributed by atoms with Gasteiger partial charge in [-0.3, -0.25) is 14.4 Å². The fourth-order valence-corrected chi connectivity index (χ4v) is 8.63. The minimum Gasteiger partial charge on any atom is -0.462 e. The summed E-state index contributed by atoms with van der Waals surface area (Å²) in [4.78, 5) is 38.3. The van der Waals surface area contributed by atoms with Crippen molar-refractivity contribution < 1.29 is 28.6 Å². The van der Waals surface area contributed by atoms with Crippen molar-refractivity contribution in [2.24, 2.45) is 0 Å². The molecule has 0 aliphatic rings. The first-order valence-electron chi connectivity index (χ1n) is 31.1. The van der Waals surface area contributed by atoms with E-state index >= 15 is 0 Å². The molecule has 0 radical (unpaired) electrons. The van der Waals surface area contributed by atoms with E-state index in [1.54, 1.807) is 0 Å². The minimum atomic E-state index is -0.795. The van der Waals surface area contributed by atoms with Gasteiger partial charge in [-0.15, -0.1) is 0 Å². The zero-order chi connectivity index (χ0) is 52.9. The maximum Gasteiger partial charge on any atom is 0.306 e. The van der Waals surface area contributed by atoms with Gasteiger partial charge in [0.05, 0.1) is 0 Å². The molecular formula is C67H116O6. The van der Waals surface area contributed by atoms with Crippen LogP contribution in [-0.2, 0) is 28.6 Å². The summed E-state index contributed by atoms with van der Waals surface area (Å²) in [6, 6.07) is 0. The molecule has 73 heavy (non-hydrogen) atoms. The molecular weight excluding hydrogens is 901 g/mol. The van der Waals surface area contributed by atoms with E-state index in [0.29, 0.717) is 19.3 Å². The molecule has 0 N–H and O–H groups in total. The first kappa shape index (κ1) is 69.6. The smallest absolute Gasteiger partial charge is 0.306 e. The second-order valence-electron chi connectivity index (χ2n) is 20.6. The van der Waals surface area contributed by atoms with E-state index in [2.05, 4.69) is 106 Å². The molecule has 420 valence electrons. The maximum atomic E-state index is 12.9. The molecule has 0 unspecified atom stereocenters. The Kier molecular flexibility index (Phi) is 58.3. The lowest BCUT2D eigenvalue weighted by molar-refractivity contribution is -0.167. The van der Waals surface area contributed by atoms with Crippen molar-refractivity contribution in [2.75, 3.05) is 13.2 Å². The second kappa shape index (κ2) is 61.1. The Morgan fingerprint density at radius 2 is 0.493 bits per heavy atom. The summed E-state index contributed by atoms with van der Waals surface area (Å²) in [5, 5.41) is 0. The monoisotopic (exact) mass is 1020 g/mol. The van der Waals surface area contributed by atoms with Gasteiger partial charge in [0, 0.05) is 19.3 Å². The lowest BCUT2D eigenvalue weighted by Crippen LogP contribution is -2.30. The van der Waals surface area contributed by atoms with Gasteiger partial charge in [-0.1, -0.05) is 247 Å². The largest absolute Gasteiger partial charge is 0.462 e. The van der Waals surface area contributed by atoms with Crippen LogP contribution >= 0.6 is 0 Å². The van der Waals surface area contributed by atoms with Gasteiger partial charge in [0.25, 0.3) is 0 Å². The van der Waals surface area contributed by atoms with E-state index in [0.717, 1.165) is 89.9 Å². The summed E-state index contributed by atoms with van der Waals surface area (Å²) in [5.74, 6) is -0.920. The van der Waals surface area contributed by atoms with Gasteiger partial charge in [0.1, 0.15) is 13.2 Å². The van der Waals surface area contributed by atoms with Crippen LogP contribution in [0.1, 0.15) is 303 Å². The van der Waals surface area contributed by atoms with E-state index in [-0.39, 0.29) is 31.1 Å². The molecule has 0 amide bonds. The minimum absolute atomic E-state index is 0.0901. The first-order valence-corrected chi connectivity index (χ1v) is 31.1. The summed E-state index contributed by atoms with van der Waals surface area (Å²) in [5.41, 5.74) is 0. The number of ether oxygens (including phenoxy) is 3. The van der Waals surface area contributed by atoms with Gasteiger partial charge in [-0.2, -0.15) is 0 Å². The van der Waals surface area contributed by atoms with Gasteiger partial charge < -0.3 is 14.2 Å². The van der Waals surface area contributed by atoms with E-state index < -0.39 is 6.10 Å². The fraction of sp³-hybridized carbons (Fsp3) is 0.746. The highest BCUT2D eigenvalue weighted by molar-refractivity contribution is 5.71. The third-order valence-electron chi connectivity index (χ3n) is 13.3. The van der Waals surface area contributed by atoms with Crippen LogP contribution in [0.25, 0.3) is 0 Å². The molecule has 0 heterocycles. The van der Waals surface area contributed by atoms with Gasteiger partial charge in [0.2, 0.25) is 0 Å². The number of carbonyl (C=O) groups excluding carboxylic acids is 3. The van der Waals surface area contributed by atoms with Gasteiger partial charge >= 0.3 is 17.9 Å². The molecule has 6 heteroatoms. The first-order chi connectivity index (χ1) is 36.0. The van der Waals surface area contributed by atoms with Crippen LogP contribution in [0.2, 0.25) is 0 Å².